The zero-order valence-electron chi connectivity index (χ0n) is 15.1. The summed E-state index contributed by atoms with van der Waals surface area (Å²) >= 11 is 0. The van der Waals surface area contributed by atoms with E-state index in [-0.39, 0.29) is 16.3 Å². The van der Waals surface area contributed by atoms with E-state index in [9.17, 15) is 13.2 Å². The van der Waals surface area contributed by atoms with Crippen LogP contribution in [0.2, 0.25) is 0 Å². The molecule has 0 aliphatic heterocycles. The summed E-state index contributed by atoms with van der Waals surface area (Å²) in [7, 11) is 0.519. The van der Waals surface area contributed by atoms with Crippen LogP contribution in [0.4, 0.5) is 5.69 Å². The van der Waals surface area contributed by atoms with E-state index in [0.717, 1.165) is 9.69 Å². The van der Waals surface area contributed by atoms with E-state index in [4.69, 9.17) is 4.74 Å². The molecule has 1 heterocycles. The monoisotopic (exact) mass is 385 g/mol. The molecule has 0 saturated carbocycles. The Morgan fingerprint density at radius 3 is 2.52 bits per heavy atom. The molecule has 0 spiro atoms. The third-order valence-corrected chi connectivity index (χ3v) is 5.85. The summed E-state index contributed by atoms with van der Waals surface area (Å²) in [6, 6.07) is 15.4. The van der Waals surface area contributed by atoms with E-state index in [1.165, 1.54) is 33.3 Å². The van der Waals surface area contributed by atoms with Gasteiger partial charge in [0.2, 0.25) is 10.0 Å². The summed E-state index contributed by atoms with van der Waals surface area (Å²) in [4.78, 5) is 16.9. The van der Waals surface area contributed by atoms with E-state index in [1.54, 1.807) is 12.1 Å². The maximum atomic E-state index is 12.5. The molecule has 8 heteroatoms. The molecule has 0 radical (unpaired) electrons. The molecular formula is C19H19N3O4S. The number of benzene rings is 2. The number of hydrogen-bond donors (Lipinski definition) is 1. The topological polar surface area (TPSA) is 88.6 Å². The van der Waals surface area contributed by atoms with Crippen molar-refractivity contribution in [2.75, 3.05) is 26.5 Å². The highest BCUT2D eigenvalue weighted by Crippen LogP contribution is 2.29. The molecule has 0 unspecified atom stereocenters. The summed E-state index contributed by atoms with van der Waals surface area (Å²) in [5.74, 6) is -0.232. The lowest BCUT2D eigenvalue weighted by Gasteiger charge is -2.16. The Labute approximate surface area is 157 Å². The van der Waals surface area contributed by atoms with Gasteiger partial charge in [0.25, 0.3) is 5.91 Å². The molecule has 1 amide bonds. The van der Waals surface area contributed by atoms with Gasteiger partial charge >= 0.3 is 0 Å². The first-order chi connectivity index (χ1) is 12.8. The van der Waals surface area contributed by atoms with E-state index < -0.39 is 15.9 Å². The molecule has 1 aromatic heterocycles. The fourth-order valence-corrected chi connectivity index (χ4v) is 3.62. The van der Waals surface area contributed by atoms with Gasteiger partial charge in [0.15, 0.2) is 0 Å². The second-order valence-electron chi connectivity index (χ2n) is 6.00. The highest BCUT2D eigenvalue weighted by Gasteiger charge is 2.23. The van der Waals surface area contributed by atoms with Crippen molar-refractivity contribution in [3.05, 3.63) is 60.3 Å². The number of methoxy groups -OCH3 is 1. The number of ether oxygens (including phenoxy) is 1. The van der Waals surface area contributed by atoms with Gasteiger partial charge in [0.05, 0.1) is 12.6 Å². The smallest absolute Gasteiger partial charge is 0.274 e. The Kier molecular flexibility index (Phi) is 5.11. The number of hydrogen-bond acceptors (Lipinski definition) is 5. The summed E-state index contributed by atoms with van der Waals surface area (Å²) in [5.41, 5.74) is 1.27. The lowest BCUT2D eigenvalue weighted by atomic mass is 10.2. The molecule has 0 fully saturated rings. The molecule has 3 aromatic rings. The first kappa shape index (κ1) is 18.8. The lowest BCUT2D eigenvalue weighted by molar-refractivity contribution is 0.102. The summed E-state index contributed by atoms with van der Waals surface area (Å²) in [6.45, 7) is 0. The lowest BCUT2D eigenvalue weighted by Crippen LogP contribution is -2.23. The second-order valence-corrected chi connectivity index (χ2v) is 8.12. The molecule has 3 rings (SSSR count). The molecule has 2 aromatic carbocycles. The number of fused-ring (bicyclic) bond motifs is 1. The first-order valence-corrected chi connectivity index (χ1v) is 9.54. The van der Waals surface area contributed by atoms with Gasteiger partial charge in [-0.05, 0) is 30.3 Å². The average molecular weight is 385 g/mol. The van der Waals surface area contributed by atoms with Gasteiger partial charge in [-0.3, -0.25) is 4.79 Å². The standard InChI is InChI=1S/C19H19N3O4S/c1-22(2)27(24,25)18-12-14(9-11-17(18)26-3)20-19(23)16-10-8-13-6-4-5-7-15(13)21-16/h4-12H,1-3H3,(H,20,23). The zero-order valence-corrected chi connectivity index (χ0v) is 15.9. The number of nitrogens with zero attached hydrogens (tertiary/aromatic N) is 2. The van der Waals surface area contributed by atoms with E-state index in [1.807, 2.05) is 30.3 Å². The SMILES string of the molecule is COc1ccc(NC(=O)c2ccc3ccccc3n2)cc1S(=O)(=O)N(C)C. The number of sulfonamides is 1. The minimum absolute atomic E-state index is 0.0285. The van der Waals surface area contributed by atoms with E-state index >= 15 is 0 Å². The van der Waals surface area contributed by atoms with Crippen molar-refractivity contribution < 1.29 is 17.9 Å². The Bertz CT molecular complexity index is 1110. The van der Waals surface area contributed by atoms with Crippen LogP contribution in [0, 0.1) is 0 Å². The number of anilines is 1. The molecule has 7 nitrogen and oxygen atoms in total. The molecule has 0 aliphatic carbocycles. The molecular weight excluding hydrogens is 366 g/mol. The minimum atomic E-state index is -3.73. The minimum Gasteiger partial charge on any atom is -0.495 e. The van der Waals surface area contributed by atoms with Crippen LogP contribution in [0.3, 0.4) is 0 Å². The van der Waals surface area contributed by atoms with Crippen LogP contribution in [0.1, 0.15) is 10.5 Å². The molecule has 0 saturated heterocycles. The second kappa shape index (κ2) is 7.34. The van der Waals surface area contributed by atoms with Crippen molar-refractivity contribution in [2.45, 2.75) is 4.90 Å². The third-order valence-electron chi connectivity index (χ3n) is 4.01. The summed E-state index contributed by atoms with van der Waals surface area (Å²) in [6.07, 6.45) is 0. The van der Waals surface area contributed by atoms with Crippen molar-refractivity contribution in [2.24, 2.45) is 0 Å². The van der Waals surface area contributed by atoms with E-state index in [0.29, 0.717) is 11.2 Å². The zero-order chi connectivity index (χ0) is 19.6. The van der Waals surface area contributed by atoms with Crippen molar-refractivity contribution in [3.63, 3.8) is 0 Å². The normalized spacial score (nSPS) is 11.6. The predicted octanol–water partition coefficient (Wildman–Crippen LogP) is 2.75. The van der Waals surface area contributed by atoms with Gasteiger partial charge in [-0.15, -0.1) is 0 Å². The molecule has 0 bridgehead atoms. The maximum absolute atomic E-state index is 12.5. The van der Waals surface area contributed by atoms with Crippen molar-refractivity contribution in [1.29, 1.82) is 0 Å². The fraction of sp³-hybridized carbons (Fsp3) is 0.158. The molecule has 27 heavy (non-hydrogen) atoms. The van der Waals surface area contributed by atoms with Crippen LogP contribution in [0.5, 0.6) is 5.75 Å². The number of amides is 1. The van der Waals surface area contributed by atoms with Crippen LogP contribution in [0.15, 0.2) is 59.5 Å². The number of pyridine rings is 1. The Balaban J connectivity index is 1.93. The van der Waals surface area contributed by atoms with Crippen LogP contribution >= 0.6 is 0 Å². The largest absolute Gasteiger partial charge is 0.495 e. The van der Waals surface area contributed by atoms with Crippen molar-refractivity contribution >= 4 is 32.5 Å². The number of rotatable bonds is 5. The number of carbonyl (C=O) groups excluding carboxylic acids is 1. The fourth-order valence-electron chi connectivity index (χ4n) is 2.54. The van der Waals surface area contributed by atoms with Crippen LogP contribution in [0.25, 0.3) is 10.9 Å². The molecule has 0 aliphatic rings. The summed E-state index contributed by atoms with van der Waals surface area (Å²) in [5, 5.41) is 3.61. The molecule has 0 atom stereocenters. The predicted molar refractivity (Wildman–Crippen MR) is 104 cm³/mol. The van der Waals surface area contributed by atoms with Crippen LogP contribution in [-0.2, 0) is 10.0 Å². The number of para-hydroxylation sites is 1. The van der Waals surface area contributed by atoms with Crippen molar-refractivity contribution in [1.82, 2.24) is 9.29 Å². The van der Waals surface area contributed by atoms with Gasteiger partial charge in [-0.25, -0.2) is 17.7 Å². The number of aromatic nitrogens is 1. The quantitative estimate of drug-likeness (QED) is 0.730. The highest BCUT2D eigenvalue weighted by atomic mass is 32.2. The van der Waals surface area contributed by atoms with Gasteiger partial charge in [0, 0.05) is 25.2 Å². The average Bonchev–Trinajstić information content (AvgIpc) is 2.67. The van der Waals surface area contributed by atoms with Crippen LogP contribution in [-0.4, -0.2) is 44.8 Å². The van der Waals surface area contributed by atoms with Gasteiger partial charge in [-0.2, -0.15) is 0 Å². The van der Waals surface area contributed by atoms with Gasteiger partial charge in [0.1, 0.15) is 16.3 Å². The number of carbonyl (C=O) groups is 1. The van der Waals surface area contributed by atoms with Gasteiger partial charge < -0.3 is 10.1 Å². The Morgan fingerprint density at radius 1 is 1.07 bits per heavy atom. The Hall–Kier alpha value is -2.97. The van der Waals surface area contributed by atoms with Crippen LogP contribution < -0.4 is 10.1 Å². The highest BCUT2D eigenvalue weighted by molar-refractivity contribution is 7.89. The van der Waals surface area contributed by atoms with Crippen molar-refractivity contribution in [3.8, 4) is 5.75 Å². The summed E-state index contributed by atoms with van der Waals surface area (Å²) < 4.78 is 31.2. The van der Waals surface area contributed by atoms with E-state index in [2.05, 4.69) is 10.3 Å². The van der Waals surface area contributed by atoms with Gasteiger partial charge in [-0.1, -0.05) is 24.3 Å². The first-order valence-electron chi connectivity index (χ1n) is 8.10. The maximum Gasteiger partial charge on any atom is 0.274 e. The number of nitrogens with one attached hydrogen (secondary N) is 1. The Morgan fingerprint density at radius 2 is 1.81 bits per heavy atom. The molecule has 1 N–H and O–H groups in total. The molecule has 140 valence electrons. The third kappa shape index (κ3) is 3.76.